The fourth-order valence-corrected chi connectivity index (χ4v) is 2.52. The van der Waals surface area contributed by atoms with E-state index >= 15 is 0 Å². The first-order valence-electron chi connectivity index (χ1n) is 6.74. The van der Waals surface area contributed by atoms with E-state index in [1.165, 1.54) is 12.0 Å². The highest BCUT2D eigenvalue weighted by Gasteiger charge is 2.38. The predicted octanol–water partition coefficient (Wildman–Crippen LogP) is 2.29. The Hall–Kier alpha value is -1.16. The molecule has 2 aliphatic rings. The van der Waals surface area contributed by atoms with E-state index in [2.05, 4.69) is 16.4 Å². The molecule has 3 nitrogen and oxygen atoms in total. The summed E-state index contributed by atoms with van der Waals surface area (Å²) in [6, 6.07) is 2.56. The molecule has 1 saturated heterocycles. The van der Waals surface area contributed by atoms with E-state index < -0.39 is 0 Å². The fraction of sp³-hybridized carbons (Fsp3) is 0.643. The number of pyridine rings is 1. The highest BCUT2D eigenvalue weighted by Crippen LogP contribution is 2.49. The normalized spacial score (nSPS) is 29.7. The molecular weight excluding hydrogens is 231 g/mol. The van der Waals surface area contributed by atoms with Crippen molar-refractivity contribution in [3.8, 4) is 5.75 Å². The zero-order valence-corrected chi connectivity index (χ0v) is 10.4. The van der Waals surface area contributed by atoms with Crippen LogP contribution in [-0.4, -0.2) is 30.9 Å². The van der Waals surface area contributed by atoms with Crippen molar-refractivity contribution in [1.29, 1.82) is 0 Å². The van der Waals surface area contributed by atoms with Gasteiger partial charge in [0.1, 0.15) is 12.4 Å². The Morgan fingerprint density at radius 2 is 2.33 bits per heavy atom. The van der Waals surface area contributed by atoms with Crippen LogP contribution in [0, 0.1) is 5.92 Å². The maximum Gasteiger partial charge on any atom is 0.137 e. The molecule has 0 radical (unpaired) electrons. The zero-order valence-electron chi connectivity index (χ0n) is 10.4. The zero-order chi connectivity index (χ0) is 12.4. The Morgan fingerprint density at radius 1 is 1.44 bits per heavy atom. The van der Waals surface area contributed by atoms with Crippen LogP contribution in [0.4, 0.5) is 4.39 Å². The predicted molar refractivity (Wildman–Crippen MR) is 67.6 cm³/mol. The van der Waals surface area contributed by atoms with Crippen molar-refractivity contribution in [2.75, 3.05) is 19.8 Å². The van der Waals surface area contributed by atoms with Crippen LogP contribution >= 0.6 is 0 Å². The average molecular weight is 250 g/mol. The third-order valence-electron chi connectivity index (χ3n) is 3.94. The second-order valence-corrected chi connectivity index (χ2v) is 5.28. The maximum atomic E-state index is 12.3. The van der Waals surface area contributed by atoms with Gasteiger partial charge in [-0.05, 0) is 49.3 Å². The molecule has 0 spiro atoms. The monoisotopic (exact) mass is 250 g/mol. The first-order valence-corrected chi connectivity index (χ1v) is 6.74. The standard InChI is InChI=1S/C14H19FN2O/c15-3-1-10-6-14(10)11-5-13(8-16-7-11)18-9-12-2-4-17-12/h5,7-8,10,12,14,17H,1-4,6,9H2/t10?,12?,14-/m0/s1. The summed E-state index contributed by atoms with van der Waals surface area (Å²) in [6.07, 6.45) is 6.61. The summed E-state index contributed by atoms with van der Waals surface area (Å²) in [7, 11) is 0. The summed E-state index contributed by atoms with van der Waals surface area (Å²) in [5.74, 6) is 1.85. The molecule has 4 heteroatoms. The fourth-order valence-electron chi connectivity index (χ4n) is 2.52. The van der Waals surface area contributed by atoms with Gasteiger partial charge in [0.2, 0.25) is 0 Å². The van der Waals surface area contributed by atoms with E-state index in [-0.39, 0.29) is 6.67 Å². The highest BCUT2D eigenvalue weighted by molar-refractivity contribution is 5.30. The number of ether oxygens (including phenoxy) is 1. The lowest BCUT2D eigenvalue weighted by Gasteiger charge is -2.27. The molecule has 2 fully saturated rings. The van der Waals surface area contributed by atoms with Crippen molar-refractivity contribution in [2.45, 2.75) is 31.2 Å². The van der Waals surface area contributed by atoms with Gasteiger partial charge < -0.3 is 10.1 Å². The van der Waals surface area contributed by atoms with Gasteiger partial charge >= 0.3 is 0 Å². The Kier molecular flexibility index (Phi) is 3.46. The molecule has 1 aromatic rings. The maximum absolute atomic E-state index is 12.3. The highest BCUT2D eigenvalue weighted by atomic mass is 19.1. The Bertz CT molecular complexity index is 409. The minimum atomic E-state index is -0.210. The molecular formula is C14H19FN2O. The van der Waals surface area contributed by atoms with Crippen LogP contribution in [0.2, 0.25) is 0 Å². The van der Waals surface area contributed by atoms with Crippen LogP contribution in [-0.2, 0) is 0 Å². The topological polar surface area (TPSA) is 34.1 Å². The van der Waals surface area contributed by atoms with E-state index in [0.717, 1.165) is 18.7 Å². The number of hydrogen-bond donors (Lipinski definition) is 1. The van der Waals surface area contributed by atoms with E-state index in [9.17, 15) is 4.39 Å². The van der Waals surface area contributed by atoms with Crippen molar-refractivity contribution in [3.63, 3.8) is 0 Å². The first-order chi connectivity index (χ1) is 8.86. The molecule has 1 N–H and O–H groups in total. The lowest BCUT2D eigenvalue weighted by atomic mass is 10.1. The van der Waals surface area contributed by atoms with E-state index in [0.29, 0.717) is 30.9 Å². The molecule has 3 rings (SSSR count). The van der Waals surface area contributed by atoms with E-state index in [1.54, 1.807) is 6.20 Å². The molecule has 2 unspecified atom stereocenters. The Morgan fingerprint density at radius 3 is 3.06 bits per heavy atom. The van der Waals surface area contributed by atoms with Gasteiger partial charge in [-0.2, -0.15) is 0 Å². The summed E-state index contributed by atoms with van der Waals surface area (Å²) in [5.41, 5.74) is 1.20. The molecule has 0 aromatic carbocycles. The molecule has 18 heavy (non-hydrogen) atoms. The molecule has 1 aliphatic heterocycles. The largest absolute Gasteiger partial charge is 0.490 e. The van der Waals surface area contributed by atoms with Crippen molar-refractivity contribution in [2.24, 2.45) is 5.92 Å². The molecule has 98 valence electrons. The summed E-state index contributed by atoms with van der Waals surface area (Å²) in [4.78, 5) is 4.22. The van der Waals surface area contributed by atoms with Crippen LogP contribution in [0.5, 0.6) is 5.75 Å². The van der Waals surface area contributed by atoms with E-state index in [4.69, 9.17) is 4.74 Å². The first kappa shape index (κ1) is 11.9. The minimum Gasteiger partial charge on any atom is -0.490 e. The molecule has 1 aromatic heterocycles. The quantitative estimate of drug-likeness (QED) is 0.841. The third kappa shape index (κ3) is 2.64. The number of nitrogens with zero attached hydrogens (tertiary/aromatic N) is 1. The number of aromatic nitrogens is 1. The van der Waals surface area contributed by atoms with Crippen molar-refractivity contribution < 1.29 is 9.13 Å². The third-order valence-corrected chi connectivity index (χ3v) is 3.94. The van der Waals surface area contributed by atoms with Gasteiger partial charge in [-0.3, -0.25) is 9.37 Å². The van der Waals surface area contributed by atoms with Gasteiger partial charge in [0, 0.05) is 12.2 Å². The van der Waals surface area contributed by atoms with Gasteiger partial charge in [-0.15, -0.1) is 0 Å². The molecule has 1 saturated carbocycles. The average Bonchev–Trinajstić information content (AvgIpc) is 3.07. The Labute approximate surface area is 107 Å². The second kappa shape index (κ2) is 5.22. The van der Waals surface area contributed by atoms with E-state index in [1.807, 2.05) is 6.20 Å². The van der Waals surface area contributed by atoms with Crippen molar-refractivity contribution in [1.82, 2.24) is 10.3 Å². The number of alkyl halides is 1. The number of rotatable bonds is 6. The van der Waals surface area contributed by atoms with Gasteiger partial charge in [0.25, 0.3) is 0 Å². The van der Waals surface area contributed by atoms with Crippen LogP contribution < -0.4 is 10.1 Å². The smallest absolute Gasteiger partial charge is 0.137 e. The number of nitrogens with one attached hydrogen (secondary N) is 1. The van der Waals surface area contributed by atoms with Gasteiger partial charge in [-0.25, -0.2) is 0 Å². The lowest BCUT2D eigenvalue weighted by molar-refractivity contribution is 0.217. The SMILES string of the molecule is FCCC1C[C@@H]1c1cncc(OCC2CCN2)c1. The Balaban J connectivity index is 1.55. The van der Waals surface area contributed by atoms with Gasteiger partial charge in [0.15, 0.2) is 0 Å². The summed E-state index contributed by atoms with van der Waals surface area (Å²) >= 11 is 0. The van der Waals surface area contributed by atoms with Gasteiger partial charge in [0.05, 0.1) is 12.9 Å². The summed E-state index contributed by atoms with van der Waals surface area (Å²) in [6.45, 7) is 1.60. The van der Waals surface area contributed by atoms with Crippen molar-refractivity contribution in [3.05, 3.63) is 24.0 Å². The molecule has 0 amide bonds. The molecule has 3 atom stereocenters. The molecule has 0 bridgehead atoms. The lowest BCUT2D eigenvalue weighted by Crippen LogP contribution is -2.46. The minimum absolute atomic E-state index is 0.210. The van der Waals surface area contributed by atoms with Crippen LogP contribution in [0.1, 0.15) is 30.7 Å². The van der Waals surface area contributed by atoms with Crippen LogP contribution in [0.3, 0.4) is 0 Å². The van der Waals surface area contributed by atoms with Crippen LogP contribution in [0.25, 0.3) is 0 Å². The number of hydrogen-bond acceptors (Lipinski definition) is 3. The van der Waals surface area contributed by atoms with Crippen LogP contribution in [0.15, 0.2) is 18.5 Å². The van der Waals surface area contributed by atoms with Gasteiger partial charge in [-0.1, -0.05) is 0 Å². The summed E-state index contributed by atoms with van der Waals surface area (Å²) in [5, 5.41) is 3.30. The summed E-state index contributed by atoms with van der Waals surface area (Å²) < 4.78 is 18.0. The van der Waals surface area contributed by atoms with Crippen molar-refractivity contribution >= 4 is 0 Å². The molecule has 1 aliphatic carbocycles. The molecule has 2 heterocycles. The second-order valence-electron chi connectivity index (χ2n) is 5.28. The number of halogens is 1.